The number of halogens is 1. The zero-order valence-electron chi connectivity index (χ0n) is 15.2. The highest BCUT2D eigenvalue weighted by molar-refractivity contribution is 5.95. The molecule has 0 unspecified atom stereocenters. The lowest BCUT2D eigenvalue weighted by Gasteiger charge is -2.22. The van der Waals surface area contributed by atoms with Crippen LogP contribution >= 0.6 is 0 Å². The van der Waals surface area contributed by atoms with Crippen molar-refractivity contribution >= 4 is 11.8 Å². The van der Waals surface area contributed by atoms with Crippen LogP contribution in [-0.2, 0) is 0 Å². The first-order valence-electron chi connectivity index (χ1n) is 8.87. The number of carbonyl (C=O) groups is 2. The Balaban J connectivity index is 1.67. The quantitative estimate of drug-likeness (QED) is 0.829. The Labute approximate surface area is 153 Å². The molecule has 0 bridgehead atoms. The number of hydrogen-bond acceptors (Lipinski definition) is 2. The lowest BCUT2D eigenvalue weighted by molar-refractivity contribution is 0.0718. The maximum Gasteiger partial charge on any atom is 0.253 e. The second kappa shape index (κ2) is 7.68. The van der Waals surface area contributed by atoms with E-state index in [9.17, 15) is 14.0 Å². The van der Waals surface area contributed by atoms with Crippen LogP contribution in [0.3, 0.4) is 0 Å². The van der Waals surface area contributed by atoms with Crippen LogP contribution in [-0.4, -0.2) is 47.8 Å². The van der Waals surface area contributed by atoms with Crippen LogP contribution in [0.2, 0.25) is 0 Å². The van der Waals surface area contributed by atoms with Gasteiger partial charge >= 0.3 is 0 Å². The van der Waals surface area contributed by atoms with Gasteiger partial charge in [0, 0.05) is 37.3 Å². The molecular formula is C21H23FN2O2. The van der Waals surface area contributed by atoms with Crippen LogP contribution in [0.4, 0.5) is 4.39 Å². The van der Waals surface area contributed by atoms with Gasteiger partial charge in [-0.3, -0.25) is 9.59 Å². The summed E-state index contributed by atoms with van der Waals surface area (Å²) in [5.74, 6) is -0.429. The van der Waals surface area contributed by atoms with Crippen molar-refractivity contribution in [2.24, 2.45) is 0 Å². The Bertz CT molecular complexity index is 817. The molecule has 1 aliphatic rings. The molecule has 2 aromatic rings. The standard InChI is InChI=1S/C21H23FN2O2/c1-15-4-6-17(7-5-15)20(25)23-10-3-11-24(13-12-23)21(26)18-8-9-19(22)16(2)14-18/h4-9,14H,3,10-13H2,1-2H3. The van der Waals surface area contributed by atoms with E-state index in [2.05, 4.69) is 0 Å². The topological polar surface area (TPSA) is 40.6 Å². The third kappa shape index (κ3) is 3.93. The molecule has 2 aromatic carbocycles. The lowest BCUT2D eigenvalue weighted by Crippen LogP contribution is -2.37. The Morgan fingerprint density at radius 2 is 1.35 bits per heavy atom. The zero-order valence-corrected chi connectivity index (χ0v) is 15.2. The predicted molar refractivity (Wildman–Crippen MR) is 98.7 cm³/mol. The third-order valence-electron chi connectivity index (χ3n) is 4.77. The summed E-state index contributed by atoms with van der Waals surface area (Å²) in [5.41, 5.74) is 2.73. The first-order chi connectivity index (χ1) is 12.5. The van der Waals surface area contributed by atoms with Gasteiger partial charge in [-0.15, -0.1) is 0 Å². The van der Waals surface area contributed by atoms with Gasteiger partial charge in [-0.05, 0) is 56.2 Å². The molecule has 3 rings (SSSR count). The van der Waals surface area contributed by atoms with E-state index in [1.54, 1.807) is 22.8 Å². The largest absolute Gasteiger partial charge is 0.337 e. The molecule has 26 heavy (non-hydrogen) atoms. The van der Waals surface area contributed by atoms with Crippen LogP contribution < -0.4 is 0 Å². The molecule has 1 heterocycles. The molecule has 1 fully saturated rings. The van der Waals surface area contributed by atoms with Crippen LogP contribution in [0.25, 0.3) is 0 Å². The molecule has 0 atom stereocenters. The highest BCUT2D eigenvalue weighted by atomic mass is 19.1. The summed E-state index contributed by atoms with van der Waals surface area (Å²) >= 11 is 0. The van der Waals surface area contributed by atoms with E-state index in [0.29, 0.717) is 42.9 Å². The number of rotatable bonds is 2. The molecule has 0 radical (unpaired) electrons. The summed E-state index contributed by atoms with van der Waals surface area (Å²) in [6, 6.07) is 12.0. The van der Waals surface area contributed by atoms with Crippen LogP contribution in [0.5, 0.6) is 0 Å². The zero-order chi connectivity index (χ0) is 18.7. The maximum absolute atomic E-state index is 13.4. The van der Waals surface area contributed by atoms with Crippen molar-refractivity contribution in [3.63, 3.8) is 0 Å². The van der Waals surface area contributed by atoms with Crippen LogP contribution in [0, 0.1) is 19.7 Å². The van der Waals surface area contributed by atoms with Crippen molar-refractivity contribution in [1.82, 2.24) is 9.80 Å². The predicted octanol–water partition coefficient (Wildman–Crippen LogP) is 3.43. The lowest BCUT2D eigenvalue weighted by atomic mass is 10.1. The Hall–Kier alpha value is -2.69. The van der Waals surface area contributed by atoms with Gasteiger partial charge < -0.3 is 9.80 Å². The van der Waals surface area contributed by atoms with Gasteiger partial charge in [-0.1, -0.05) is 17.7 Å². The molecule has 2 amide bonds. The maximum atomic E-state index is 13.4. The average Bonchev–Trinajstić information content (AvgIpc) is 2.89. The number of carbonyl (C=O) groups excluding carboxylic acids is 2. The Kier molecular flexibility index (Phi) is 5.35. The molecule has 0 aliphatic carbocycles. The van der Waals surface area contributed by atoms with Gasteiger partial charge in [-0.25, -0.2) is 4.39 Å². The second-order valence-corrected chi connectivity index (χ2v) is 6.77. The molecule has 0 saturated carbocycles. The summed E-state index contributed by atoms with van der Waals surface area (Å²) in [4.78, 5) is 28.9. The number of hydrogen-bond donors (Lipinski definition) is 0. The molecule has 0 aromatic heterocycles. The van der Waals surface area contributed by atoms with E-state index in [4.69, 9.17) is 0 Å². The van der Waals surface area contributed by atoms with E-state index >= 15 is 0 Å². The molecule has 1 aliphatic heterocycles. The average molecular weight is 354 g/mol. The molecule has 4 nitrogen and oxygen atoms in total. The molecule has 0 N–H and O–H groups in total. The molecule has 1 saturated heterocycles. The monoisotopic (exact) mass is 354 g/mol. The molecular weight excluding hydrogens is 331 g/mol. The minimum absolute atomic E-state index is 0.00285. The summed E-state index contributed by atoms with van der Waals surface area (Å²) in [5, 5.41) is 0. The number of benzene rings is 2. The molecule has 136 valence electrons. The fourth-order valence-corrected chi connectivity index (χ4v) is 3.16. The van der Waals surface area contributed by atoms with Crippen molar-refractivity contribution in [2.75, 3.05) is 26.2 Å². The molecule has 5 heteroatoms. The van der Waals surface area contributed by atoms with E-state index in [0.717, 1.165) is 12.0 Å². The second-order valence-electron chi connectivity index (χ2n) is 6.77. The first-order valence-corrected chi connectivity index (χ1v) is 8.87. The van der Waals surface area contributed by atoms with Crippen molar-refractivity contribution in [1.29, 1.82) is 0 Å². The van der Waals surface area contributed by atoms with E-state index in [1.807, 2.05) is 31.2 Å². The summed E-state index contributed by atoms with van der Waals surface area (Å²) in [6.45, 7) is 5.83. The van der Waals surface area contributed by atoms with E-state index < -0.39 is 0 Å². The number of amides is 2. The molecule has 0 spiro atoms. The van der Waals surface area contributed by atoms with Crippen molar-refractivity contribution < 1.29 is 14.0 Å². The van der Waals surface area contributed by atoms with Gasteiger partial charge in [0.05, 0.1) is 0 Å². The third-order valence-corrected chi connectivity index (χ3v) is 4.77. The van der Waals surface area contributed by atoms with Gasteiger partial charge in [0.15, 0.2) is 0 Å². The number of nitrogens with zero attached hydrogens (tertiary/aromatic N) is 2. The normalized spacial score (nSPS) is 14.9. The Morgan fingerprint density at radius 3 is 1.92 bits per heavy atom. The summed E-state index contributed by atoms with van der Waals surface area (Å²) < 4.78 is 13.4. The SMILES string of the molecule is Cc1ccc(C(=O)N2CCCN(C(=O)c3ccc(F)c(C)c3)CC2)cc1. The summed E-state index contributed by atoms with van der Waals surface area (Å²) in [7, 11) is 0. The van der Waals surface area contributed by atoms with Crippen LogP contribution in [0.15, 0.2) is 42.5 Å². The fourth-order valence-electron chi connectivity index (χ4n) is 3.16. The summed E-state index contributed by atoms with van der Waals surface area (Å²) in [6.07, 6.45) is 0.726. The minimum Gasteiger partial charge on any atom is -0.337 e. The smallest absolute Gasteiger partial charge is 0.253 e. The van der Waals surface area contributed by atoms with Gasteiger partial charge in [0.25, 0.3) is 11.8 Å². The van der Waals surface area contributed by atoms with Gasteiger partial charge in [0.1, 0.15) is 5.82 Å². The Morgan fingerprint density at radius 1 is 0.808 bits per heavy atom. The van der Waals surface area contributed by atoms with Crippen molar-refractivity contribution in [2.45, 2.75) is 20.3 Å². The first kappa shape index (κ1) is 18.1. The highest BCUT2D eigenvalue weighted by Crippen LogP contribution is 2.15. The number of aryl methyl sites for hydroxylation is 2. The van der Waals surface area contributed by atoms with Gasteiger partial charge in [-0.2, -0.15) is 0 Å². The highest BCUT2D eigenvalue weighted by Gasteiger charge is 2.23. The minimum atomic E-state index is -0.313. The van der Waals surface area contributed by atoms with Crippen molar-refractivity contribution in [3.05, 3.63) is 70.5 Å². The fraction of sp³-hybridized carbons (Fsp3) is 0.333. The van der Waals surface area contributed by atoms with Crippen molar-refractivity contribution in [3.8, 4) is 0 Å². The van der Waals surface area contributed by atoms with Gasteiger partial charge in [0.2, 0.25) is 0 Å². The van der Waals surface area contributed by atoms with Crippen LogP contribution in [0.1, 0.15) is 38.3 Å². The van der Waals surface area contributed by atoms with E-state index in [-0.39, 0.29) is 17.6 Å². The van der Waals surface area contributed by atoms with E-state index in [1.165, 1.54) is 12.1 Å².